The molecular weight excluding hydrogens is 871 g/mol. The number of hydrogen-bond donors (Lipinski definition) is 0. The normalized spacial score (nSPS) is 11.6. The lowest BCUT2D eigenvalue weighted by Gasteiger charge is -2.26. The van der Waals surface area contributed by atoms with Gasteiger partial charge in [0.25, 0.3) is 0 Å². The van der Waals surface area contributed by atoms with E-state index in [1.165, 1.54) is 82.0 Å². The van der Waals surface area contributed by atoms with Gasteiger partial charge in [-0.2, -0.15) is 0 Å². The minimum atomic E-state index is 0.894. The summed E-state index contributed by atoms with van der Waals surface area (Å²) in [5.41, 5.74) is 16.7. The average molecular weight is 916 g/mol. The van der Waals surface area contributed by atoms with Crippen LogP contribution in [-0.2, 0) is 0 Å². The second kappa shape index (κ2) is 17.2. The number of rotatable bonds is 8. The molecule has 336 valence electrons. The molecule has 14 aromatic rings. The maximum absolute atomic E-state index is 6.56. The van der Waals surface area contributed by atoms with Gasteiger partial charge in [-0.3, -0.25) is 0 Å². The molecule has 0 aliphatic carbocycles. The largest absolute Gasteiger partial charge is 0.455 e. The monoisotopic (exact) mass is 915 g/mol. The second-order valence-corrected chi connectivity index (χ2v) is 18.8. The summed E-state index contributed by atoms with van der Waals surface area (Å²) >= 11 is 0. The van der Waals surface area contributed by atoms with Crippen molar-refractivity contribution >= 4 is 82.1 Å². The topological polar surface area (TPSA) is 16.4 Å². The van der Waals surface area contributed by atoms with Crippen LogP contribution in [0.4, 0.5) is 17.1 Å². The summed E-state index contributed by atoms with van der Waals surface area (Å²) in [6.07, 6.45) is 0. The molecule has 14 rings (SSSR count). The van der Waals surface area contributed by atoms with Crippen LogP contribution in [-0.4, -0.2) is 0 Å². The van der Waals surface area contributed by atoms with Crippen LogP contribution in [0.1, 0.15) is 0 Å². The number of fused-ring (bicyclic) bond motifs is 9. The van der Waals surface area contributed by atoms with Crippen molar-refractivity contribution in [3.8, 4) is 55.6 Å². The lowest BCUT2D eigenvalue weighted by Crippen LogP contribution is -2.10. The quantitative estimate of drug-likeness (QED) is 0.141. The van der Waals surface area contributed by atoms with E-state index in [1.807, 2.05) is 6.07 Å². The molecule has 0 aliphatic heterocycles. The van der Waals surface area contributed by atoms with E-state index in [1.54, 1.807) is 0 Å². The van der Waals surface area contributed by atoms with Gasteiger partial charge < -0.3 is 9.32 Å². The van der Waals surface area contributed by atoms with Crippen LogP contribution in [0.5, 0.6) is 0 Å². The van der Waals surface area contributed by atoms with Crippen LogP contribution < -0.4 is 4.90 Å². The zero-order valence-electron chi connectivity index (χ0n) is 39.3. The highest BCUT2D eigenvalue weighted by molar-refractivity contribution is 6.22. The molecule has 0 radical (unpaired) electrons. The fraction of sp³-hybridized carbons (Fsp3) is 0. The van der Waals surface area contributed by atoms with Crippen molar-refractivity contribution in [1.82, 2.24) is 0 Å². The lowest BCUT2D eigenvalue weighted by atomic mass is 9.84. The first kappa shape index (κ1) is 41.5. The molecule has 0 aliphatic rings. The minimum absolute atomic E-state index is 0.894. The van der Waals surface area contributed by atoms with Crippen LogP contribution in [0.3, 0.4) is 0 Å². The first-order valence-corrected chi connectivity index (χ1v) is 24.7. The van der Waals surface area contributed by atoms with Crippen molar-refractivity contribution in [3.63, 3.8) is 0 Å². The van der Waals surface area contributed by atoms with E-state index in [-0.39, 0.29) is 0 Å². The molecule has 0 saturated carbocycles. The molecule has 0 bridgehead atoms. The molecule has 0 N–H and O–H groups in total. The summed E-state index contributed by atoms with van der Waals surface area (Å²) in [5.74, 6) is 0. The molecular formula is C70H45NO. The number of furan rings is 1. The first-order valence-electron chi connectivity index (χ1n) is 24.7. The fourth-order valence-corrected chi connectivity index (χ4v) is 11.2. The SMILES string of the molecule is c1ccc(-c2c(-c3ccccc3)c3cc(-c4ccc(N(c5ccc(-c6ccc7c(ccc8ccccc87)c6)cc5)c5cccc(-c6cccc7c6oc6ccccc67)c5)cc4)ccc3c3ccccc23)cc1. The fourth-order valence-electron chi connectivity index (χ4n) is 11.2. The first-order chi connectivity index (χ1) is 35.7. The Morgan fingerprint density at radius 3 is 1.46 bits per heavy atom. The Hall–Kier alpha value is -9.50. The molecule has 1 aromatic heterocycles. The number of nitrogens with zero attached hydrogens (tertiary/aromatic N) is 1. The summed E-state index contributed by atoms with van der Waals surface area (Å²) in [5, 5.41) is 12.3. The third-order valence-corrected chi connectivity index (χ3v) is 14.6. The average Bonchev–Trinajstić information content (AvgIpc) is 3.84. The van der Waals surface area contributed by atoms with Gasteiger partial charge in [0.05, 0.1) is 0 Å². The highest BCUT2D eigenvalue weighted by atomic mass is 16.3. The Bertz CT molecular complexity index is 4360. The van der Waals surface area contributed by atoms with Crippen molar-refractivity contribution in [1.29, 1.82) is 0 Å². The maximum atomic E-state index is 6.56. The predicted molar refractivity (Wildman–Crippen MR) is 306 cm³/mol. The molecule has 2 heteroatoms. The summed E-state index contributed by atoms with van der Waals surface area (Å²) in [4.78, 5) is 2.37. The molecule has 0 amide bonds. The van der Waals surface area contributed by atoms with Crippen molar-refractivity contribution in [2.45, 2.75) is 0 Å². The van der Waals surface area contributed by atoms with Gasteiger partial charge in [-0.25, -0.2) is 0 Å². The van der Waals surface area contributed by atoms with Crippen LogP contribution in [0.2, 0.25) is 0 Å². The Kier molecular flexibility index (Phi) is 9.89. The zero-order chi connectivity index (χ0) is 47.5. The van der Waals surface area contributed by atoms with Crippen molar-refractivity contribution in [3.05, 3.63) is 273 Å². The van der Waals surface area contributed by atoms with Gasteiger partial charge in [0.1, 0.15) is 11.2 Å². The molecule has 0 atom stereocenters. The van der Waals surface area contributed by atoms with Crippen LogP contribution in [0, 0.1) is 0 Å². The molecule has 72 heavy (non-hydrogen) atoms. The van der Waals surface area contributed by atoms with Crippen molar-refractivity contribution in [2.24, 2.45) is 0 Å². The van der Waals surface area contributed by atoms with E-state index in [0.717, 1.165) is 55.7 Å². The summed E-state index contributed by atoms with van der Waals surface area (Å²) < 4.78 is 6.56. The van der Waals surface area contributed by atoms with E-state index in [4.69, 9.17) is 4.42 Å². The molecule has 0 unspecified atom stereocenters. The summed E-state index contributed by atoms with van der Waals surface area (Å²) in [6, 6.07) is 99.2. The van der Waals surface area contributed by atoms with Gasteiger partial charge in [-0.1, -0.05) is 218 Å². The summed E-state index contributed by atoms with van der Waals surface area (Å²) in [6.45, 7) is 0. The van der Waals surface area contributed by atoms with Crippen molar-refractivity contribution in [2.75, 3.05) is 4.90 Å². The Morgan fingerprint density at radius 2 is 0.736 bits per heavy atom. The number of anilines is 3. The zero-order valence-corrected chi connectivity index (χ0v) is 39.3. The van der Waals surface area contributed by atoms with Crippen molar-refractivity contribution < 1.29 is 4.42 Å². The van der Waals surface area contributed by atoms with Gasteiger partial charge in [0.2, 0.25) is 0 Å². The van der Waals surface area contributed by atoms with E-state index in [9.17, 15) is 0 Å². The third kappa shape index (κ3) is 7.03. The molecule has 0 saturated heterocycles. The third-order valence-electron chi connectivity index (χ3n) is 14.6. The molecule has 0 spiro atoms. The lowest BCUT2D eigenvalue weighted by molar-refractivity contribution is 0.670. The van der Waals surface area contributed by atoms with Gasteiger partial charge in [0, 0.05) is 33.4 Å². The van der Waals surface area contributed by atoms with E-state index in [0.29, 0.717) is 0 Å². The molecule has 2 nitrogen and oxygen atoms in total. The predicted octanol–water partition coefficient (Wildman–Crippen LogP) is 20.0. The Balaban J connectivity index is 0.894. The smallest absolute Gasteiger partial charge is 0.143 e. The number of para-hydroxylation sites is 2. The highest BCUT2D eigenvalue weighted by Crippen LogP contribution is 2.47. The second-order valence-electron chi connectivity index (χ2n) is 18.8. The number of benzene rings is 13. The van der Waals surface area contributed by atoms with Gasteiger partial charge >= 0.3 is 0 Å². The molecule has 1 heterocycles. The minimum Gasteiger partial charge on any atom is -0.455 e. The maximum Gasteiger partial charge on any atom is 0.143 e. The van der Waals surface area contributed by atoms with Crippen LogP contribution >= 0.6 is 0 Å². The van der Waals surface area contributed by atoms with Gasteiger partial charge in [0.15, 0.2) is 0 Å². The van der Waals surface area contributed by atoms with E-state index >= 15 is 0 Å². The van der Waals surface area contributed by atoms with E-state index < -0.39 is 0 Å². The Morgan fingerprint density at radius 1 is 0.236 bits per heavy atom. The summed E-state index contributed by atoms with van der Waals surface area (Å²) in [7, 11) is 0. The van der Waals surface area contributed by atoms with Gasteiger partial charge in [-0.05, 0) is 148 Å². The highest BCUT2D eigenvalue weighted by Gasteiger charge is 2.20. The Labute approximate surface area is 417 Å². The standard InChI is InChI=1S/C70H45NO/c1-3-16-49(17-4-1)68-64-25-10-9-23-61(64)62-42-36-52(45-66(62)69(68)50-18-5-2-6-19-50)47-33-39-56(40-34-47)71(57-21-13-20-53(44-57)60-26-14-27-65-63-24-11-12-28-67(63)72-70(60)65)55-37-31-46(32-38-55)51-35-41-59-54(43-51)30-29-48-15-7-8-22-58(48)59/h1-45H. The van der Waals surface area contributed by atoms with Crippen LogP contribution in [0.15, 0.2) is 277 Å². The molecule has 0 fully saturated rings. The number of hydrogen-bond acceptors (Lipinski definition) is 2. The van der Waals surface area contributed by atoms with Gasteiger partial charge in [-0.15, -0.1) is 0 Å². The van der Waals surface area contributed by atoms with E-state index in [2.05, 4.69) is 272 Å². The van der Waals surface area contributed by atoms with Crippen LogP contribution in [0.25, 0.3) is 121 Å². The molecule has 13 aromatic carbocycles.